The van der Waals surface area contributed by atoms with Gasteiger partial charge in [0.25, 0.3) is 5.91 Å². The van der Waals surface area contributed by atoms with Crippen molar-refractivity contribution in [1.29, 1.82) is 0 Å². The summed E-state index contributed by atoms with van der Waals surface area (Å²) in [6.45, 7) is 10.4. The molecule has 2 amide bonds. The van der Waals surface area contributed by atoms with E-state index >= 15 is 0 Å². The molecule has 222 valence electrons. The first-order valence-electron chi connectivity index (χ1n) is 14.0. The van der Waals surface area contributed by atoms with Crippen LogP contribution in [0.5, 0.6) is 0 Å². The normalized spacial score (nSPS) is 22.8. The summed E-state index contributed by atoms with van der Waals surface area (Å²) < 4.78 is 30.0. The van der Waals surface area contributed by atoms with Gasteiger partial charge >= 0.3 is 0 Å². The molecule has 1 unspecified atom stereocenters. The summed E-state index contributed by atoms with van der Waals surface area (Å²) in [6, 6.07) is 11.1. The topological polar surface area (TPSA) is 99.5 Å². The SMILES string of the molecule is C[C@H](NC(=O)[C@@H](O)C1=CC(C)(F)CC(F)=C1)C(=O)Nc1cc(C2(c3ccccc3)CCN(C)CC2)nn1C(C)(C)C. The molecule has 0 spiro atoms. The maximum Gasteiger partial charge on any atom is 0.254 e. The highest BCUT2D eigenvalue weighted by molar-refractivity contribution is 5.97. The summed E-state index contributed by atoms with van der Waals surface area (Å²) in [6.07, 6.45) is 1.43. The first-order valence-corrected chi connectivity index (χ1v) is 14.0. The highest BCUT2D eigenvalue weighted by atomic mass is 19.1. The van der Waals surface area contributed by atoms with E-state index in [4.69, 9.17) is 5.10 Å². The molecule has 3 atom stereocenters. The molecule has 1 aromatic carbocycles. The van der Waals surface area contributed by atoms with Crippen molar-refractivity contribution in [2.24, 2.45) is 0 Å². The van der Waals surface area contributed by atoms with Gasteiger partial charge in [-0.15, -0.1) is 0 Å². The maximum atomic E-state index is 14.4. The van der Waals surface area contributed by atoms with Crippen LogP contribution in [0, 0.1) is 0 Å². The molecule has 0 radical (unpaired) electrons. The first kappa shape index (κ1) is 30.6. The van der Waals surface area contributed by atoms with Crippen molar-refractivity contribution in [3.63, 3.8) is 0 Å². The highest BCUT2D eigenvalue weighted by Gasteiger charge is 2.41. The molecule has 2 heterocycles. The highest BCUT2D eigenvalue weighted by Crippen LogP contribution is 2.42. The molecule has 1 aliphatic heterocycles. The van der Waals surface area contributed by atoms with E-state index in [1.54, 1.807) is 4.68 Å². The molecule has 2 aromatic rings. The van der Waals surface area contributed by atoms with E-state index in [-0.39, 0.29) is 11.0 Å². The molecule has 2 aliphatic rings. The third kappa shape index (κ3) is 6.76. The van der Waals surface area contributed by atoms with Gasteiger partial charge in [-0.25, -0.2) is 13.5 Å². The minimum Gasteiger partial charge on any atom is -0.378 e. The smallest absolute Gasteiger partial charge is 0.254 e. The number of aliphatic hydroxyl groups excluding tert-OH is 1. The van der Waals surface area contributed by atoms with Gasteiger partial charge in [0.15, 0.2) is 6.10 Å². The average Bonchev–Trinajstić information content (AvgIpc) is 3.33. The first-order chi connectivity index (χ1) is 19.1. The second-order valence-corrected chi connectivity index (χ2v) is 12.6. The number of allylic oxidation sites excluding steroid dienone is 2. The number of piperidine rings is 1. The predicted octanol–water partition coefficient (Wildman–Crippen LogP) is 4.37. The Balaban J connectivity index is 1.57. The number of alkyl halides is 1. The number of likely N-dealkylation sites (tertiary alicyclic amines) is 1. The number of rotatable bonds is 7. The molecule has 10 heteroatoms. The van der Waals surface area contributed by atoms with Crippen LogP contribution in [0.3, 0.4) is 0 Å². The lowest BCUT2D eigenvalue weighted by atomic mass is 9.70. The van der Waals surface area contributed by atoms with Gasteiger partial charge in [0.2, 0.25) is 5.91 Å². The van der Waals surface area contributed by atoms with Crippen molar-refractivity contribution in [2.45, 2.75) is 82.6 Å². The van der Waals surface area contributed by atoms with Crippen molar-refractivity contribution in [3.05, 3.63) is 71.2 Å². The standard InChI is InChI=1S/C31H41F2N5O3/c1-20(34-28(41)26(39)21-16-23(32)19-30(5,33)18-21)27(40)35-25-17-24(36-38(25)29(2,3)4)31(12-14-37(6)15-13-31)22-10-8-7-9-11-22/h7-11,16-18,20,26,39H,12-15,19H2,1-6H3,(H,34,41)(H,35,40)/t20-,26-,30?/m0/s1. The second kappa shape index (κ2) is 11.5. The molecular formula is C31H41F2N5O3. The zero-order valence-corrected chi connectivity index (χ0v) is 24.7. The summed E-state index contributed by atoms with van der Waals surface area (Å²) >= 11 is 0. The van der Waals surface area contributed by atoms with Crippen LogP contribution in [-0.4, -0.2) is 69.6 Å². The lowest BCUT2D eigenvalue weighted by molar-refractivity contribution is -0.130. The molecule has 1 aromatic heterocycles. The Kier molecular flexibility index (Phi) is 8.57. The molecule has 0 saturated carbocycles. The van der Waals surface area contributed by atoms with Gasteiger partial charge in [0.1, 0.15) is 23.4 Å². The summed E-state index contributed by atoms with van der Waals surface area (Å²) in [7, 11) is 2.11. The Morgan fingerprint density at radius 3 is 2.34 bits per heavy atom. The third-order valence-electron chi connectivity index (χ3n) is 7.87. The third-order valence-corrected chi connectivity index (χ3v) is 7.87. The number of hydrogen-bond acceptors (Lipinski definition) is 5. The van der Waals surface area contributed by atoms with Crippen LogP contribution in [0.1, 0.15) is 65.1 Å². The fraction of sp³-hybridized carbons (Fsp3) is 0.516. The number of hydrogen-bond donors (Lipinski definition) is 3. The zero-order valence-electron chi connectivity index (χ0n) is 24.7. The summed E-state index contributed by atoms with van der Waals surface area (Å²) in [5, 5.41) is 20.9. The van der Waals surface area contributed by atoms with Gasteiger partial charge in [-0.1, -0.05) is 30.3 Å². The number of nitrogens with zero attached hydrogens (tertiary/aromatic N) is 3. The Hall–Kier alpha value is -3.37. The van der Waals surface area contributed by atoms with Gasteiger partial charge < -0.3 is 20.6 Å². The van der Waals surface area contributed by atoms with Crippen LogP contribution in [0.4, 0.5) is 14.6 Å². The van der Waals surface area contributed by atoms with Crippen molar-refractivity contribution in [3.8, 4) is 0 Å². The lowest BCUT2D eigenvalue weighted by Crippen LogP contribution is -2.47. The fourth-order valence-electron chi connectivity index (χ4n) is 5.57. The van der Waals surface area contributed by atoms with E-state index in [1.807, 2.05) is 45.0 Å². The average molecular weight is 570 g/mol. The lowest BCUT2D eigenvalue weighted by Gasteiger charge is -2.40. The van der Waals surface area contributed by atoms with Crippen molar-refractivity contribution < 1.29 is 23.5 Å². The van der Waals surface area contributed by atoms with Crippen LogP contribution in [-0.2, 0) is 20.5 Å². The number of anilines is 1. The summed E-state index contributed by atoms with van der Waals surface area (Å²) in [4.78, 5) is 28.3. The Labute approximate surface area is 240 Å². The number of carbonyl (C=O) groups is 2. The monoisotopic (exact) mass is 569 g/mol. The minimum atomic E-state index is -2.02. The molecule has 1 fully saturated rings. The molecule has 41 heavy (non-hydrogen) atoms. The number of aliphatic hydroxyl groups is 1. The predicted molar refractivity (Wildman–Crippen MR) is 155 cm³/mol. The fourth-order valence-corrected chi connectivity index (χ4v) is 5.57. The summed E-state index contributed by atoms with van der Waals surface area (Å²) in [5.74, 6) is -1.73. The minimum absolute atomic E-state index is 0.191. The number of aromatic nitrogens is 2. The Bertz CT molecular complexity index is 1340. The number of benzene rings is 1. The van der Waals surface area contributed by atoms with Gasteiger partial charge in [0.05, 0.1) is 11.2 Å². The number of nitrogens with one attached hydrogen (secondary N) is 2. The van der Waals surface area contributed by atoms with E-state index in [0.29, 0.717) is 5.82 Å². The van der Waals surface area contributed by atoms with E-state index in [0.717, 1.165) is 43.8 Å². The van der Waals surface area contributed by atoms with Crippen LogP contribution in [0.2, 0.25) is 0 Å². The molecule has 1 saturated heterocycles. The van der Waals surface area contributed by atoms with E-state index < -0.39 is 47.4 Å². The van der Waals surface area contributed by atoms with E-state index in [2.05, 4.69) is 34.7 Å². The molecule has 4 rings (SSSR count). The van der Waals surface area contributed by atoms with Crippen molar-refractivity contribution in [1.82, 2.24) is 20.0 Å². The molecule has 8 nitrogen and oxygen atoms in total. The van der Waals surface area contributed by atoms with Gasteiger partial charge in [-0.2, -0.15) is 5.10 Å². The number of carbonyl (C=O) groups excluding carboxylic acids is 2. The quantitative estimate of drug-likeness (QED) is 0.460. The van der Waals surface area contributed by atoms with Crippen molar-refractivity contribution in [2.75, 3.05) is 25.5 Å². The largest absolute Gasteiger partial charge is 0.378 e. The molecular weight excluding hydrogens is 528 g/mol. The van der Waals surface area contributed by atoms with Crippen LogP contribution in [0.15, 0.2) is 60.0 Å². The number of halogens is 2. The molecule has 0 bridgehead atoms. The number of amides is 2. The van der Waals surface area contributed by atoms with Gasteiger partial charge in [0, 0.05) is 17.9 Å². The van der Waals surface area contributed by atoms with E-state index in [1.165, 1.54) is 19.4 Å². The molecule has 3 N–H and O–H groups in total. The Morgan fingerprint density at radius 2 is 1.76 bits per heavy atom. The molecule has 1 aliphatic carbocycles. The second-order valence-electron chi connectivity index (χ2n) is 12.6. The van der Waals surface area contributed by atoms with Crippen LogP contribution >= 0.6 is 0 Å². The van der Waals surface area contributed by atoms with Crippen molar-refractivity contribution >= 4 is 17.6 Å². The van der Waals surface area contributed by atoms with E-state index in [9.17, 15) is 23.5 Å². The van der Waals surface area contributed by atoms with Gasteiger partial charge in [-0.05, 0) is 90.9 Å². The Morgan fingerprint density at radius 1 is 1.12 bits per heavy atom. The zero-order chi connectivity index (χ0) is 30.2. The van der Waals surface area contributed by atoms with Crippen LogP contribution in [0.25, 0.3) is 0 Å². The van der Waals surface area contributed by atoms with Crippen LogP contribution < -0.4 is 10.6 Å². The maximum absolute atomic E-state index is 14.4. The van der Waals surface area contributed by atoms with Gasteiger partial charge in [-0.3, -0.25) is 9.59 Å². The summed E-state index contributed by atoms with van der Waals surface area (Å²) in [5.41, 5.74) is -0.965.